The van der Waals surface area contributed by atoms with Crippen molar-refractivity contribution in [1.82, 2.24) is 9.97 Å². The zero-order chi connectivity index (χ0) is 12.8. The van der Waals surface area contributed by atoms with Crippen molar-refractivity contribution in [3.63, 3.8) is 0 Å². The molecule has 0 aromatic carbocycles. The number of pyridine rings is 1. The highest BCUT2D eigenvalue weighted by molar-refractivity contribution is 7.15. The van der Waals surface area contributed by atoms with E-state index in [0.717, 1.165) is 29.0 Å². The van der Waals surface area contributed by atoms with Gasteiger partial charge >= 0.3 is 0 Å². The van der Waals surface area contributed by atoms with E-state index >= 15 is 0 Å². The van der Waals surface area contributed by atoms with Gasteiger partial charge in [-0.3, -0.25) is 0 Å². The number of rotatable bonds is 1. The molecular formula is C12H14N4OS. The van der Waals surface area contributed by atoms with Crippen LogP contribution in [0.15, 0.2) is 18.3 Å². The lowest BCUT2D eigenvalue weighted by Gasteiger charge is -2.33. The van der Waals surface area contributed by atoms with Crippen LogP contribution in [0.1, 0.15) is 22.6 Å². The first-order valence-corrected chi connectivity index (χ1v) is 6.57. The summed E-state index contributed by atoms with van der Waals surface area (Å²) in [6.45, 7) is 0. The summed E-state index contributed by atoms with van der Waals surface area (Å²) in [6.07, 6.45) is 3.91. The third kappa shape index (κ3) is 1.83. The van der Waals surface area contributed by atoms with E-state index in [4.69, 9.17) is 11.5 Å². The van der Waals surface area contributed by atoms with E-state index in [1.54, 1.807) is 12.3 Å². The molecule has 94 valence electrons. The highest BCUT2D eigenvalue weighted by Gasteiger charge is 2.34. The van der Waals surface area contributed by atoms with Crippen molar-refractivity contribution in [1.29, 1.82) is 0 Å². The summed E-state index contributed by atoms with van der Waals surface area (Å²) < 4.78 is 0. The predicted molar refractivity (Wildman–Crippen MR) is 70.3 cm³/mol. The number of fused-ring (bicyclic) bond motifs is 1. The molecule has 18 heavy (non-hydrogen) atoms. The largest absolute Gasteiger partial charge is 0.493 e. The van der Waals surface area contributed by atoms with Gasteiger partial charge in [-0.05, 0) is 24.5 Å². The van der Waals surface area contributed by atoms with Crippen molar-refractivity contribution in [2.45, 2.75) is 24.8 Å². The van der Waals surface area contributed by atoms with Gasteiger partial charge in [-0.2, -0.15) is 0 Å². The molecule has 1 unspecified atom stereocenters. The maximum atomic E-state index is 9.46. The van der Waals surface area contributed by atoms with Crippen LogP contribution in [0.25, 0.3) is 0 Å². The Hall–Kier alpha value is -1.66. The Morgan fingerprint density at radius 2 is 2.28 bits per heavy atom. The molecule has 0 fully saturated rings. The minimum atomic E-state index is -0.466. The van der Waals surface area contributed by atoms with Crippen molar-refractivity contribution in [2.24, 2.45) is 5.73 Å². The van der Waals surface area contributed by atoms with E-state index in [1.807, 2.05) is 6.07 Å². The van der Waals surface area contributed by atoms with Gasteiger partial charge in [0.15, 0.2) is 5.13 Å². The Labute approximate surface area is 108 Å². The van der Waals surface area contributed by atoms with Gasteiger partial charge < -0.3 is 16.6 Å². The van der Waals surface area contributed by atoms with E-state index < -0.39 is 5.54 Å². The summed E-state index contributed by atoms with van der Waals surface area (Å²) >= 11 is 1.50. The lowest BCUT2D eigenvalue weighted by molar-refractivity contribution is 0.381. The first-order chi connectivity index (χ1) is 8.57. The normalized spacial score (nSPS) is 22.7. The van der Waals surface area contributed by atoms with Crippen molar-refractivity contribution in [2.75, 3.05) is 5.73 Å². The van der Waals surface area contributed by atoms with Crippen molar-refractivity contribution >= 4 is 16.5 Å². The Balaban J connectivity index is 1.98. The second kappa shape index (κ2) is 3.93. The molecule has 1 aliphatic rings. The molecule has 5 nitrogen and oxygen atoms in total. The summed E-state index contributed by atoms with van der Waals surface area (Å²) in [5.41, 5.74) is 13.7. The molecule has 2 heterocycles. The third-order valence-corrected chi connectivity index (χ3v) is 4.33. The molecule has 5 N–H and O–H groups in total. The number of hydrogen-bond donors (Lipinski definition) is 3. The molecule has 6 heteroatoms. The number of nitrogens with two attached hydrogens (primary N) is 2. The predicted octanol–water partition coefficient (Wildman–Crippen LogP) is 1.17. The first-order valence-electron chi connectivity index (χ1n) is 5.75. The second-order valence-corrected chi connectivity index (χ2v) is 5.77. The van der Waals surface area contributed by atoms with Crippen LogP contribution < -0.4 is 11.5 Å². The zero-order valence-corrected chi connectivity index (χ0v) is 10.6. The van der Waals surface area contributed by atoms with Gasteiger partial charge in [0.1, 0.15) is 0 Å². The number of nitrogens with zero attached hydrogens (tertiary/aromatic N) is 2. The average Bonchev–Trinajstić information content (AvgIpc) is 2.68. The highest BCUT2D eigenvalue weighted by atomic mass is 32.1. The zero-order valence-electron chi connectivity index (χ0n) is 9.76. The van der Waals surface area contributed by atoms with E-state index in [-0.39, 0.29) is 5.88 Å². The topological polar surface area (TPSA) is 98.0 Å². The van der Waals surface area contributed by atoms with E-state index in [0.29, 0.717) is 11.6 Å². The quantitative estimate of drug-likeness (QED) is 0.716. The maximum absolute atomic E-state index is 9.46. The van der Waals surface area contributed by atoms with Gasteiger partial charge in [0.25, 0.3) is 0 Å². The molecule has 0 spiro atoms. The molecule has 0 aliphatic heterocycles. The number of aryl methyl sites for hydroxylation is 1. The van der Waals surface area contributed by atoms with Crippen LogP contribution in [0.3, 0.4) is 0 Å². The number of hydrogen-bond acceptors (Lipinski definition) is 6. The number of nitrogen functional groups attached to an aromatic ring is 1. The van der Waals surface area contributed by atoms with Crippen molar-refractivity contribution < 1.29 is 5.11 Å². The Morgan fingerprint density at radius 1 is 1.44 bits per heavy atom. The summed E-state index contributed by atoms with van der Waals surface area (Å²) in [6, 6.07) is 3.49. The van der Waals surface area contributed by atoms with Crippen molar-refractivity contribution in [3.8, 4) is 5.88 Å². The minimum absolute atomic E-state index is 0.00643. The minimum Gasteiger partial charge on any atom is -0.493 e. The second-order valence-electron chi connectivity index (χ2n) is 4.66. The Morgan fingerprint density at radius 3 is 3.06 bits per heavy atom. The lowest BCUT2D eigenvalue weighted by Crippen LogP contribution is -2.41. The van der Waals surface area contributed by atoms with Gasteiger partial charge in [-0.15, -0.1) is 11.3 Å². The fourth-order valence-corrected chi connectivity index (χ4v) is 3.43. The van der Waals surface area contributed by atoms with E-state index in [2.05, 4.69) is 9.97 Å². The number of anilines is 1. The molecule has 0 amide bonds. The summed E-state index contributed by atoms with van der Waals surface area (Å²) in [4.78, 5) is 9.24. The molecule has 2 aromatic heterocycles. The lowest BCUT2D eigenvalue weighted by atomic mass is 9.79. The molecule has 1 atom stereocenters. The summed E-state index contributed by atoms with van der Waals surface area (Å²) in [7, 11) is 0. The SMILES string of the molecule is Nc1nc2c(s1)CC(N)(c1ccnc(O)c1)CC2. The maximum Gasteiger partial charge on any atom is 0.211 e. The number of aromatic hydroxyl groups is 1. The average molecular weight is 262 g/mol. The van der Waals surface area contributed by atoms with Gasteiger partial charge in [-0.25, -0.2) is 9.97 Å². The van der Waals surface area contributed by atoms with Gasteiger partial charge in [0.2, 0.25) is 5.88 Å². The number of thiazole rings is 1. The molecular weight excluding hydrogens is 248 g/mol. The third-order valence-electron chi connectivity index (χ3n) is 3.40. The first kappa shape index (κ1) is 11.4. The number of aromatic nitrogens is 2. The monoisotopic (exact) mass is 262 g/mol. The van der Waals surface area contributed by atoms with E-state index in [1.165, 1.54) is 11.3 Å². The molecule has 2 aromatic rings. The molecule has 0 radical (unpaired) electrons. The molecule has 0 bridgehead atoms. The van der Waals surface area contributed by atoms with Crippen LogP contribution in [0, 0.1) is 0 Å². The van der Waals surface area contributed by atoms with Crippen LogP contribution in [0.4, 0.5) is 5.13 Å². The fourth-order valence-electron chi connectivity index (χ4n) is 2.43. The Kier molecular flexibility index (Phi) is 2.49. The van der Waals surface area contributed by atoms with Crippen LogP contribution >= 0.6 is 11.3 Å². The highest BCUT2D eigenvalue weighted by Crippen LogP contribution is 2.37. The van der Waals surface area contributed by atoms with Crippen molar-refractivity contribution in [3.05, 3.63) is 34.5 Å². The van der Waals surface area contributed by atoms with Crippen LogP contribution in [-0.2, 0) is 18.4 Å². The fraction of sp³-hybridized carbons (Fsp3) is 0.333. The van der Waals surface area contributed by atoms with Gasteiger partial charge in [0.05, 0.1) is 5.69 Å². The van der Waals surface area contributed by atoms with E-state index in [9.17, 15) is 5.11 Å². The summed E-state index contributed by atoms with van der Waals surface area (Å²) in [5.74, 6) is 0.00643. The van der Waals surface area contributed by atoms with Gasteiger partial charge in [0, 0.05) is 29.1 Å². The summed E-state index contributed by atoms with van der Waals surface area (Å²) in [5, 5.41) is 10.1. The van der Waals surface area contributed by atoms with Gasteiger partial charge in [-0.1, -0.05) is 0 Å². The molecule has 0 saturated heterocycles. The van der Waals surface area contributed by atoms with Crippen LogP contribution in [0.5, 0.6) is 5.88 Å². The molecule has 0 saturated carbocycles. The molecule has 3 rings (SSSR count). The Bertz CT molecular complexity index is 598. The van der Waals surface area contributed by atoms with Crippen LogP contribution in [-0.4, -0.2) is 15.1 Å². The van der Waals surface area contributed by atoms with Crippen LogP contribution in [0.2, 0.25) is 0 Å². The standard InChI is InChI=1S/C12H14N4OS/c13-11-16-8-1-3-12(14,6-9(8)18-11)7-2-4-15-10(17)5-7/h2,4-5H,1,3,6,14H2,(H2,13,16)(H,15,17). The molecule has 1 aliphatic carbocycles. The smallest absolute Gasteiger partial charge is 0.211 e.